The number of thioether (sulfide) groups is 1. The van der Waals surface area contributed by atoms with E-state index in [4.69, 9.17) is 19.0 Å². The minimum Gasteiger partial charge on any atom is -0.465 e. The Balaban J connectivity index is 1.31. The maximum absolute atomic E-state index is 12.7. The van der Waals surface area contributed by atoms with Crippen molar-refractivity contribution in [2.24, 2.45) is 0 Å². The van der Waals surface area contributed by atoms with Crippen LogP contribution in [0.2, 0.25) is 0 Å². The number of rotatable bonds is 15. The van der Waals surface area contributed by atoms with Crippen LogP contribution in [0.5, 0.6) is 0 Å². The molecule has 0 unspecified atom stereocenters. The second kappa shape index (κ2) is 14.9. The molecule has 42 heavy (non-hydrogen) atoms. The highest BCUT2D eigenvalue weighted by Gasteiger charge is 2.36. The van der Waals surface area contributed by atoms with Crippen LogP contribution in [0.1, 0.15) is 19.6 Å². The Labute approximate surface area is 250 Å². The Bertz CT molecular complexity index is 1470. The van der Waals surface area contributed by atoms with Crippen molar-refractivity contribution in [3.8, 4) is 0 Å². The van der Waals surface area contributed by atoms with Crippen molar-refractivity contribution < 1.29 is 38.2 Å². The zero-order chi connectivity index (χ0) is 30.1. The number of hydrogen-bond acceptors (Lipinski definition) is 10. The lowest BCUT2D eigenvalue weighted by Gasteiger charge is -2.16. The van der Waals surface area contributed by atoms with E-state index in [1.807, 2.05) is 24.3 Å². The first-order valence-electron chi connectivity index (χ1n) is 13.1. The number of aromatic nitrogens is 2. The fraction of sp³-hybridized carbons (Fsp3) is 0.370. The molecule has 4 rings (SSSR count). The lowest BCUT2D eigenvalue weighted by molar-refractivity contribution is -0.124. The van der Waals surface area contributed by atoms with Crippen LogP contribution < -0.4 is 10.6 Å². The maximum Gasteiger partial charge on any atom is 0.404 e. The first-order chi connectivity index (χ1) is 20.2. The molecule has 4 amide bonds. The number of furan rings is 1. The summed E-state index contributed by atoms with van der Waals surface area (Å²) in [6.07, 6.45) is 0.456. The highest BCUT2D eigenvalue weighted by atomic mass is 32.2. The summed E-state index contributed by atoms with van der Waals surface area (Å²) in [4.78, 5) is 54.1. The molecule has 13 nitrogen and oxygen atoms in total. The van der Waals surface area contributed by atoms with Crippen LogP contribution in [0, 0.1) is 0 Å². The third-order valence-electron chi connectivity index (χ3n) is 5.79. The molecule has 0 aliphatic carbocycles. The smallest absolute Gasteiger partial charge is 0.404 e. The number of ether oxygens (including phenoxy) is 2. The number of carbonyl (C=O) groups excluding carboxylic acids is 3. The summed E-state index contributed by atoms with van der Waals surface area (Å²) in [5.74, 6) is -0.141. The number of nitrogens with one attached hydrogen (secondary N) is 2. The highest BCUT2D eigenvalue weighted by Crippen LogP contribution is 2.36. The van der Waals surface area contributed by atoms with Gasteiger partial charge in [0.25, 0.3) is 11.1 Å². The zero-order valence-electron chi connectivity index (χ0n) is 23.0. The minimum absolute atomic E-state index is 0.0262. The van der Waals surface area contributed by atoms with Crippen LogP contribution in [0.4, 0.5) is 9.59 Å². The van der Waals surface area contributed by atoms with E-state index in [0.717, 1.165) is 22.8 Å². The van der Waals surface area contributed by atoms with Crippen LogP contribution >= 0.6 is 23.5 Å². The van der Waals surface area contributed by atoms with E-state index in [2.05, 4.69) is 15.6 Å². The molecule has 0 bridgehead atoms. The SMILES string of the molecule is CC(C)N1C(=O)S/C(=C\c2ccc(Sc3nc4ccccc4n3CC(=O)NCCOCCOCCNC(=O)O)o2)C1=O. The minimum atomic E-state index is -1.10. The first-order valence-corrected chi connectivity index (χ1v) is 14.7. The summed E-state index contributed by atoms with van der Waals surface area (Å²) in [6, 6.07) is 10.7. The average Bonchev–Trinajstić information content (AvgIpc) is 3.60. The number of para-hydroxylation sites is 2. The van der Waals surface area contributed by atoms with E-state index >= 15 is 0 Å². The molecule has 3 aromatic rings. The summed E-state index contributed by atoms with van der Waals surface area (Å²) in [7, 11) is 0. The number of carbonyl (C=O) groups is 4. The third-order valence-corrected chi connectivity index (χ3v) is 7.59. The van der Waals surface area contributed by atoms with Crippen LogP contribution in [-0.4, -0.2) is 88.3 Å². The topological polar surface area (TPSA) is 165 Å². The molecule has 1 aromatic carbocycles. The Morgan fingerprint density at radius 2 is 1.79 bits per heavy atom. The summed E-state index contributed by atoms with van der Waals surface area (Å²) in [6.45, 7) is 5.27. The number of hydrogen-bond donors (Lipinski definition) is 3. The maximum atomic E-state index is 12.7. The second-order valence-corrected chi connectivity index (χ2v) is 11.1. The van der Waals surface area contributed by atoms with Gasteiger partial charge in [-0.3, -0.25) is 19.3 Å². The van der Waals surface area contributed by atoms with Crippen LogP contribution in [0.3, 0.4) is 0 Å². The predicted octanol–water partition coefficient (Wildman–Crippen LogP) is 3.64. The van der Waals surface area contributed by atoms with Gasteiger partial charge < -0.3 is 34.2 Å². The van der Waals surface area contributed by atoms with Gasteiger partial charge in [-0.15, -0.1) is 0 Å². The number of carboxylic acid groups (broad SMARTS) is 1. The molecule has 1 aliphatic rings. The van der Waals surface area contributed by atoms with Crippen LogP contribution in [0.25, 0.3) is 17.1 Å². The summed E-state index contributed by atoms with van der Waals surface area (Å²) < 4.78 is 18.4. The van der Waals surface area contributed by atoms with Gasteiger partial charge in [0.2, 0.25) is 5.91 Å². The Morgan fingerprint density at radius 3 is 2.48 bits per heavy atom. The van der Waals surface area contributed by atoms with Crippen molar-refractivity contribution in [1.82, 2.24) is 25.1 Å². The van der Waals surface area contributed by atoms with Crippen molar-refractivity contribution in [1.29, 1.82) is 0 Å². The molecule has 0 saturated carbocycles. The molecule has 1 aliphatic heterocycles. The first kappa shape index (κ1) is 31.2. The standard InChI is InChI=1S/C27H31N5O8S2/c1-17(2)32-24(34)21(41-27(32)37)15-18-7-8-23(40-18)42-25-30-19-5-3-4-6-20(19)31(25)16-22(33)28-9-11-38-13-14-39-12-10-29-26(35)36/h3-8,15,17,29H,9-14,16H2,1-2H3,(H,28,33)(H,35,36)/b21-15-. The molecule has 0 atom stereocenters. The molecule has 2 aromatic heterocycles. The third kappa shape index (κ3) is 8.38. The quantitative estimate of drug-likeness (QED) is 0.168. The number of imidazole rings is 1. The summed E-state index contributed by atoms with van der Waals surface area (Å²) in [5, 5.41) is 14.3. The van der Waals surface area contributed by atoms with Gasteiger partial charge in [0, 0.05) is 25.2 Å². The van der Waals surface area contributed by atoms with Crippen LogP contribution in [0.15, 0.2) is 56.0 Å². The highest BCUT2D eigenvalue weighted by molar-refractivity contribution is 8.18. The van der Waals surface area contributed by atoms with Gasteiger partial charge in [-0.25, -0.2) is 9.78 Å². The van der Waals surface area contributed by atoms with Gasteiger partial charge in [0.15, 0.2) is 10.2 Å². The fourth-order valence-corrected chi connectivity index (χ4v) is 5.72. The van der Waals surface area contributed by atoms with Crippen molar-refractivity contribution in [2.45, 2.75) is 36.7 Å². The van der Waals surface area contributed by atoms with Gasteiger partial charge in [-0.05, 0) is 61.6 Å². The summed E-state index contributed by atoms with van der Waals surface area (Å²) in [5.41, 5.74) is 1.51. The van der Waals surface area contributed by atoms with Crippen molar-refractivity contribution in [3.05, 3.63) is 47.1 Å². The predicted molar refractivity (Wildman–Crippen MR) is 156 cm³/mol. The summed E-state index contributed by atoms with van der Waals surface area (Å²) >= 11 is 2.12. The van der Waals surface area contributed by atoms with Crippen molar-refractivity contribution in [3.63, 3.8) is 0 Å². The van der Waals surface area contributed by atoms with E-state index < -0.39 is 6.09 Å². The molecular formula is C27H31N5O8S2. The lowest BCUT2D eigenvalue weighted by atomic mass is 10.3. The molecule has 1 fully saturated rings. The number of imide groups is 1. The molecule has 15 heteroatoms. The molecule has 1 saturated heterocycles. The molecule has 3 heterocycles. The number of benzene rings is 1. The zero-order valence-corrected chi connectivity index (χ0v) is 24.7. The van der Waals surface area contributed by atoms with Crippen molar-refractivity contribution in [2.75, 3.05) is 39.5 Å². The normalized spacial score (nSPS) is 14.5. The Kier molecular flexibility index (Phi) is 11.1. The van der Waals surface area contributed by atoms with Gasteiger partial charge in [0.1, 0.15) is 12.3 Å². The Hall–Kier alpha value is -3.79. The molecule has 3 N–H and O–H groups in total. The largest absolute Gasteiger partial charge is 0.465 e. The van der Waals surface area contributed by atoms with Gasteiger partial charge in [-0.1, -0.05) is 12.1 Å². The van der Waals surface area contributed by atoms with Crippen molar-refractivity contribution >= 4 is 63.8 Å². The number of nitrogens with zero attached hydrogens (tertiary/aromatic N) is 3. The Morgan fingerprint density at radius 1 is 1.07 bits per heavy atom. The van der Waals surface area contributed by atoms with E-state index in [9.17, 15) is 19.2 Å². The monoisotopic (exact) mass is 617 g/mol. The molecule has 0 radical (unpaired) electrons. The van der Waals surface area contributed by atoms with E-state index in [1.165, 1.54) is 16.7 Å². The van der Waals surface area contributed by atoms with E-state index in [1.54, 1.807) is 36.6 Å². The molecule has 224 valence electrons. The van der Waals surface area contributed by atoms with Gasteiger partial charge in [0.05, 0.1) is 42.4 Å². The van der Waals surface area contributed by atoms with E-state index in [-0.39, 0.29) is 42.8 Å². The molecular weight excluding hydrogens is 586 g/mol. The van der Waals surface area contributed by atoms with Gasteiger partial charge >= 0.3 is 6.09 Å². The lowest BCUT2D eigenvalue weighted by Crippen LogP contribution is -2.34. The number of amides is 4. The average molecular weight is 618 g/mol. The molecule has 0 spiro atoms. The second-order valence-electron chi connectivity index (χ2n) is 9.18. The number of fused-ring (bicyclic) bond motifs is 1. The van der Waals surface area contributed by atoms with E-state index in [0.29, 0.717) is 47.3 Å². The van der Waals surface area contributed by atoms with Gasteiger partial charge in [-0.2, -0.15) is 0 Å². The fourth-order valence-electron chi connectivity index (χ4n) is 3.91. The van der Waals surface area contributed by atoms with Crippen LogP contribution in [-0.2, 0) is 25.6 Å².